The molecule has 1 amide bonds. The number of halogens is 1. The van der Waals surface area contributed by atoms with Crippen LogP contribution in [-0.2, 0) is 4.79 Å². The fourth-order valence-corrected chi connectivity index (χ4v) is 3.52. The molecule has 0 aromatic carbocycles. The fraction of sp³-hybridized carbons (Fsp3) is 0.933. The number of carbonyl (C=O) groups excluding carboxylic acids is 1. The maximum atomic E-state index is 12.3. The van der Waals surface area contributed by atoms with E-state index in [9.17, 15) is 4.79 Å². The van der Waals surface area contributed by atoms with E-state index in [1.54, 1.807) is 0 Å². The summed E-state index contributed by atoms with van der Waals surface area (Å²) in [6.45, 7) is 4.71. The number of nitrogens with zero attached hydrogens (tertiary/aromatic N) is 2. The molecule has 0 bridgehead atoms. The Labute approximate surface area is 122 Å². The molecule has 19 heavy (non-hydrogen) atoms. The van der Waals surface area contributed by atoms with Crippen molar-refractivity contribution in [2.75, 3.05) is 38.6 Å². The molecule has 0 radical (unpaired) electrons. The zero-order chi connectivity index (χ0) is 13.5. The second kappa shape index (κ2) is 8.11. The number of amides is 1. The van der Waals surface area contributed by atoms with Gasteiger partial charge in [-0.25, -0.2) is 0 Å². The molecule has 1 aliphatic carbocycles. The largest absolute Gasteiger partial charge is 0.340 e. The Morgan fingerprint density at radius 3 is 2.21 bits per heavy atom. The summed E-state index contributed by atoms with van der Waals surface area (Å²) in [6.07, 6.45) is 8.68. The summed E-state index contributed by atoms with van der Waals surface area (Å²) in [7, 11) is 0. The number of alkyl halides is 1. The SMILES string of the molecule is O=C(CC1CCCCCC1)N1CCN(CCCl)CC1. The van der Waals surface area contributed by atoms with Crippen molar-refractivity contribution in [1.29, 1.82) is 0 Å². The number of carbonyl (C=O) groups is 1. The summed E-state index contributed by atoms with van der Waals surface area (Å²) in [5.74, 6) is 1.73. The molecular formula is C15H27ClN2O. The second-order valence-corrected chi connectivity index (χ2v) is 6.35. The first kappa shape index (κ1) is 15.1. The van der Waals surface area contributed by atoms with Crippen molar-refractivity contribution in [2.45, 2.75) is 44.9 Å². The highest BCUT2D eigenvalue weighted by atomic mass is 35.5. The lowest BCUT2D eigenvalue weighted by atomic mass is 9.96. The van der Waals surface area contributed by atoms with Gasteiger partial charge >= 0.3 is 0 Å². The van der Waals surface area contributed by atoms with Gasteiger partial charge in [0.05, 0.1) is 0 Å². The number of hydrogen-bond acceptors (Lipinski definition) is 2. The van der Waals surface area contributed by atoms with Crippen LogP contribution < -0.4 is 0 Å². The molecule has 1 heterocycles. The van der Waals surface area contributed by atoms with E-state index >= 15 is 0 Å². The molecule has 3 nitrogen and oxygen atoms in total. The predicted molar refractivity (Wildman–Crippen MR) is 79.5 cm³/mol. The summed E-state index contributed by atoms with van der Waals surface area (Å²) < 4.78 is 0. The molecule has 0 N–H and O–H groups in total. The average Bonchev–Trinajstić information content (AvgIpc) is 2.68. The van der Waals surface area contributed by atoms with E-state index in [0.29, 0.717) is 17.7 Å². The van der Waals surface area contributed by atoms with Crippen LogP contribution in [0.2, 0.25) is 0 Å². The topological polar surface area (TPSA) is 23.6 Å². The van der Waals surface area contributed by atoms with Gasteiger partial charge in [0.15, 0.2) is 0 Å². The number of piperazine rings is 1. The van der Waals surface area contributed by atoms with Gasteiger partial charge in [0.25, 0.3) is 0 Å². The molecule has 0 aromatic rings. The molecule has 2 rings (SSSR count). The Morgan fingerprint density at radius 1 is 1.00 bits per heavy atom. The van der Waals surface area contributed by atoms with Crippen LogP contribution in [-0.4, -0.2) is 54.3 Å². The fourth-order valence-electron chi connectivity index (χ4n) is 3.28. The van der Waals surface area contributed by atoms with Crippen LogP contribution in [0.1, 0.15) is 44.9 Å². The molecule has 1 aliphatic heterocycles. The van der Waals surface area contributed by atoms with Gasteiger partial charge in [-0.2, -0.15) is 0 Å². The lowest BCUT2D eigenvalue weighted by molar-refractivity contribution is -0.134. The van der Waals surface area contributed by atoms with Crippen molar-refractivity contribution in [2.24, 2.45) is 5.92 Å². The van der Waals surface area contributed by atoms with Gasteiger partial charge in [0, 0.05) is 45.0 Å². The Bertz CT molecular complexity index is 269. The molecular weight excluding hydrogens is 260 g/mol. The molecule has 2 fully saturated rings. The first-order valence-electron chi connectivity index (χ1n) is 7.85. The van der Waals surface area contributed by atoms with Gasteiger partial charge in [0.1, 0.15) is 0 Å². The molecule has 1 saturated carbocycles. The lowest BCUT2D eigenvalue weighted by Gasteiger charge is -2.35. The Morgan fingerprint density at radius 2 is 1.63 bits per heavy atom. The van der Waals surface area contributed by atoms with Crippen LogP contribution in [0.15, 0.2) is 0 Å². The summed E-state index contributed by atoms with van der Waals surface area (Å²) in [6, 6.07) is 0. The first-order chi connectivity index (χ1) is 9.29. The van der Waals surface area contributed by atoms with Crippen LogP contribution in [0, 0.1) is 5.92 Å². The van der Waals surface area contributed by atoms with Crippen molar-refractivity contribution in [3.8, 4) is 0 Å². The molecule has 1 saturated heterocycles. The zero-order valence-electron chi connectivity index (χ0n) is 12.0. The Hall–Kier alpha value is -0.280. The van der Waals surface area contributed by atoms with E-state index in [1.807, 2.05) is 0 Å². The molecule has 0 unspecified atom stereocenters. The van der Waals surface area contributed by atoms with E-state index in [-0.39, 0.29) is 0 Å². The lowest BCUT2D eigenvalue weighted by Crippen LogP contribution is -2.49. The number of hydrogen-bond donors (Lipinski definition) is 0. The highest BCUT2D eigenvalue weighted by molar-refractivity contribution is 6.18. The number of rotatable bonds is 4. The third-order valence-corrected chi connectivity index (χ3v) is 4.73. The quantitative estimate of drug-likeness (QED) is 0.586. The van der Waals surface area contributed by atoms with Gasteiger partial charge in [-0.1, -0.05) is 25.7 Å². The van der Waals surface area contributed by atoms with Gasteiger partial charge in [-0.3, -0.25) is 9.69 Å². The van der Waals surface area contributed by atoms with E-state index in [2.05, 4.69) is 9.80 Å². The average molecular weight is 287 g/mol. The van der Waals surface area contributed by atoms with Crippen molar-refractivity contribution in [3.05, 3.63) is 0 Å². The second-order valence-electron chi connectivity index (χ2n) is 5.97. The minimum absolute atomic E-state index is 0.387. The highest BCUT2D eigenvalue weighted by Gasteiger charge is 2.23. The third kappa shape index (κ3) is 4.96. The minimum Gasteiger partial charge on any atom is -0.340 e. The van der Waals surface area contributed by atoms with Crippen LogP contribution in [0.3, 0.4) is 0 Å². The van der Waals surface area contributed by atoms with Crippen LogP contribution in [0.4, 0.5) is 0 Å². The molecule has 2 aliphatic rings. The van der Waals surface area contributed by atoms with Gasteiger partial charge in [0.2, 0.25) is 5.91 Å². The summed E-state index contributed by atoms with van der Waals surface area (Å²) in [4.78, 5) is 16.7. The van der Waals surface area contributed by atoms with Gasteiger partial charge in [-0.15, -0.1) is 11.6 Å². The van der Waals surface area contributed by atoms with Crippen molar-refractivity contribution < 1.29 is 4.79 Å². The van der Waals surface area contributed by atoms with Crippen molar-refractivity contribution >= 4 is 17.5 Å². The molecule has 110 valence electrons. The summed E-state index contributed by atoms with van der Waals surface area (Å²) in [5.41, 5.74) is 0. The van der Waals surface area contributed by atoms with Crippen molar-refractivity contribution in [3.63, 3.8) is 0 Å². The smallest absolute Gasteiger partial charge is 0.222 e. The third-order valence-electron chi connectivity index (χ3n) is 4.56. The molecule has 0 spiro atoms. The predicted octanol–water partition coefficient (Wildman–Crippen LogP) is 2.73. The van der Waals surface area contributed by atoms with Crippen LogP contribution >= 0.6 is 11.6 Å². The molecule has 0 aromatic heterocycles. The maximum absolute atomic E-state index is 12.3. The Balaban J connectivity index is 1.71. The summed E-state index contributed by atoms with van der Waals surface area (Å²) in [5, 5.41) is 0. The zero-order valence-corrected chi connectivity index (χ0v) is 12.7. The summed E-state index contributed by atoms with van der Waals surface area (Å²) >= 11 is 5.76. The first-order valence-corrected chi connectivity index (χ1v) is 8.39. The van der Waals surface area contributed by atoms with E-state index in [4.69, 9.17) is 11.6 Å². The van der Waals surface area contributed by atoms with E-state index < -0.39 is 0 Å². The maximum Gasteiger partial charge on any atom is 0.222 e. The van der Waals surface area contributed by atoms with E-state index in [0.717, 1.165) is 39.1 Å². The van der Waals surface area contributed by atoms with E-state index in [1.165, 1.54) is 38.5 Å². The monoisotopic (exact) mass is 286 g/mol. The molecule has 4 heteroatoms. The highest BCUT2D eigenvalue weighted by Crippen LogP contribution is 2.26. The van der Waals surface area contributed by atoms with Crippen molar-refractivity contribution in [1.82, 2.24) is 9.80 Å². The van der Waals surface area contributed by atoms with Crippen LogP contribution in [0.5, 0.6) is 0 Å². The molecule has 0 atom stereocenters. The van der Waals surface area contributed by atoms with Gasteiger partial charge < -0.3 is 4.90 Å². The Kier molecular flexibility index (Phi) is 6.45. The van der Waals surface area contributed by atoms with Crippen LogP contribution in [0.25, 0.3) is 0 Å². The standard InChI is InChI=1S/C15H27ClN2O/c16-7-8-17-9-11-18(12-10-17)15(19)13-14-5-3-1-2-4-6-14/h14H,1-13H2. The minimum atomic E-state index is 0.387. The normalized spacial score (nSPS) is 23.3. The van der Waals surface area contributed by atoms with Gasteiger partial charge in [-0.05, 0) is 18.8 Å².